The number of aromatic nitrogens is 1. The molecule has 2 aromatic heterocycles. The second-order valence-corrected chi connectivity index (χ2v) is 7.39. The zero-order valence-electron chi connectivity index (χ0n) is 14.6. The first kappa shape index (κ1) is 16.9. The summed E-state index contributed by atoms with van der Waals surface area (Å²) >= 11 is 1.41. The van der Waals surface area contributed by atoms with Crippen molar-refractivity contribution in [2.75, 3.05) is 25.5 Å². The number of thiophene rings is 1. The van der Waals surface area contributed by atoms with Gasteiger partial charge in [0.2, 0.25) is 0 Å². The molecule has 0 radical (unpaired) electrons. The van der Waals surface area contributed by atoms with Gasteiger partial charge in [-0.15, -0.1) is 0 Å². The lowest BCUT2D eigenvalue weighted by Crippen LogP contribution is -2.25. The highest BCUT2D eigenvalue weighted by atomic mass is 32.1. The molecule has 1 atom stereocenters. The average molecular weight is 369 g/mol. The summed E-state index contributed by atoms with van der Waals surface area (Å²) < 4.78 is 0. The number of nitrogens with one attached hydrogen (secondary N) is 1. The molecule has 0 bridgehead atoms. The molecule has 7 heteroatoms. The number of hydrogen-bond donors (Lipinski definition) is 1. The molecule has 1 aromatic carbocycles. The lowest BCUT2D eigenvalue weighted by atomic mass is 10.1. The Bertz CT molecular complexity index is 921. The second kappa shape index (κ2) is 7.39. The van der Waals surface area contributed by atoms with E-state index < -0.39 is 0 Å². The van der Waals surface area contributed by atoms with E-state index >= 15 is 0 Å². The quantitative estimate of drug-likeness (QED) is 0.667. The summed E-state index contributed by atoms with van der Waals surface area (Å²) in [6.45, 7) is 2.88. The molecule has 0 saturated carbocycles. The summed E-state index contributed by atoms with van der Waals surface area (Å²) in [5, 5.41) is 8.65. The molecule has 26 heavy (non-hydrogen) atoms. The van der Waals surface area contributed by atoms with Crippen molar-refractivity contribution in [1.29, 1.82) is 0 Å². The van der Waals surface area contributed by atoms with Gasteiger partial charge in [0.25, 0.3) is 4.92 Å². The summed E-state index contributed by atoms with van der Waals surface area (Å²) in [5.74, 6) is 0. The van der Waals surface area contributed by atoms with Crippen LogP contribution in [0.1, 0.15) is 12.0 Å². The smallest absolute Gasteiger partial charge is 0.371 e. The number of benzene rings is 1. The van der Waals surface area contributed by atoms with Crippen molar-refractivity contribution in [3.05, 3.63) is 58.6 Å². The van der Waals surface area contributed by atoms with Crippen LogP contribution >= 0.6 is 11.3 Å². The first-order chi connectivity index (χ1) is 12.7. The Labute approximate surface area is 155 Å². The molecular weight excluding hydrogens is 348 g/mol. The fraction of sp³-hybridized carbons (Fsp3) is 0.316. The number of rotatable bonds is 6. The molecule has 1 aliphatic rings. The summed E-state index contributed by atoms with van der Waals surface area (Å²) in [5.41, 5.74) is 2.32. The van der Waals surface area contributed by atoms with Crippen molar-refractivity contribution in [3.63, 3.8) is 0 Å². The molecule has 1 unspecified atom stereocenters. The van der Waals surface area contributed by atoms with Crippen molar-refractivity contribution >= 4 is 32.8 Å². The number of anilines is 1. The van der Waals surface area contributed by atoms with E-state index in [0.717, 1.165) is 42.7 Å². The minimum Gasteiger partial charge on any atom is -0.380 e. The molecular formula is C19H21N4O2S+. The first-order valence-corrected chi connectivity index (χ1v) is 9.51. The highest BCUT2D eigenvalue weighted by Crippen LogP contribution is 2.27. The lowest BCUT2D eigenvalue weighted by Gasteiger charge is -2.18. The van der Waals surface area contributed by atoms with Crippen LogP contribution in [-0.2, 0) is 11.4 Å². The molecule has 3 heterocycles. The summed E-state index contributed by atoms with van der Waals surface area (Å²) in [7, 11) is 1.38. The van der Waals surface area contributed by atoms with Crippen LogP contribution < -0.4 is 5.32 Å². The van der Waals surface area contributed by atoms with Gasteiger partial charge < -0.3 is 5.32 Å². The molecule has 134 valence electrons. The van der Waals surface area contributed by atoms with E-state index in [1.54, 1.807) is 0 Å². The number of nitrogens with zero attached hydrogens (tertiary/aromatic N) is 3. The average Bonchev–Trinajstić information content (AvgIpc) is 3.31. The monoisotopic (exact) mass is 369 g/mol. The number of fused-ring (bicyclic) bond motifs is 1. The molecule has 3 aromatic rings. The highest BCUT2D eigenvalue weighted by Gasteiger charge is 2.24. The van der Waals surface area contributed by atoms with Crippen LogP contribution in [0.2, 0.25) is 0 Å². The molecule has 1 aliphatic heterocycles. The van der Waals surface area contributed by atoms with Gasteiger partial charge in [-0.3, -0.25) is 9.88 Å². The van der Waals surface area contributed by atoms with E-state index in [9.17, 15) is 4.91 Å². The van der Waals surface area contributed by atoms with E-state index in [1.807, 2.05) is 23.8 Å². The Morgan fingerprint density at radius 3 is 3.23 bits per heavy atom. The van der Waals surface area contributed by atoms with Gasteiger partial charge >= 0.3 is 5.00 Å². The van der Waals surface area contributed by atoms with Gasteiger partial charge in [0, 0.05) is 66.0 Å². The van der Waals surface area contributed by atoms with Gasteiger partial charge in [0.05, 0.1) is 4.91 Å². The minimum atomic E-state index is 0.418. The summed E-state index contributed by atoms with van der Waals surface area (Å²) in [4.78, 5) is 23.4. The number of hydrogen-bond acceptors (Lipinski definition) is 6. The SMILES string of the molecule is CO[N+](=O)c1cc(CN2CCC(Nc3cccc4cnccc34)C2)cs1. The van der Waals surface area contributed by atoms with Gasteiger partial charge in [-0.1, -0.05) is 23.5 Å². The predicted molar refractivity (Wildman–Crippen MR) is 104 cm³/mol. The van der Waals surface area contributed by atoms with Crippen LogP contribution in [0.5, 0.6) is 0 Å². The zero-order chi connectivity index (χ0) is 17.9. The topological polar surface area (TPSA) is 57.5 Å². The van der Waals surface area contributed by atoms with E-state index in [2.05, 4.69) is 39.5 Å². The van der Waals surface area contributed by atoms with Crippen LogP contribution in [0.25, 0.3) is 10.8 Å². The maximum atomic E-state index is 11.5. The van der Waals surface area contributed by atoms with Crippen molar-refractivity contribution < 1.29 is 9.76 Å². The van der Waals surface area contributed by atoms with Crippen molar-refractivity contribution in [2.24, 2.45) is 0 Å². The van der Waals surface area contributed by atoms with E-state index in [1.165, 1.54) is 23.8 Å². The van der Waals surface area contributed by atoms with Gasteiger partial charge in [-0.25, -0.2) is 4.84 Å². The Morgan fingerprint density at radius 2 is 2.35 bits per heavy atom. The van der Waals surface area contributed by atoms with E-state index in [4.69, 9.17) is 4.84 Å². The third kappa shape index (κ3) is 3.54. The van der Waals surface area contributed by atoms with Gasteiger partial charge in [0.1, 0.15) is 0 Å². The molecule has 0 amide bonds. The van der Waals surface area contributed by atoms with E-state index in [-0.39, 0.29) is 0 Å². The Balaban J connectivity index is 1.39. The largest absolute Gasteiger partial charge is 0.380 e. The van der Waals surface area contributed by atoms with Crippen LogP contribution in [0.15, 0.2) is 48.1 Å². The zero-order valence-corrected chi connectivity index (χ0v) is 15.4. The maximum absolute atomic E-state index is 11.5. The molecule has 1 fully saturated rings. The fourth-order valence-electron chi connectivity index (χ4n) is 3.45. The Hall–Kier alpha value is -2.51. The molecule has 0 spiro atoms. The van der Waals surface area contributed by atoms with Gasteiger partial charge in [-0.05, 0) is 24.1 Å². The van der Waals surface area contributed by atoms with Crippen LogP contribution in [0.4, 0.5) is 10.7 Å². The van der Waals surface area contributed by atoms with Crippen molar-refractivity contribution in [3.8, 4) is 0 Å². The lowest BCUT2D eigenvalue weighted by molar-refractivity contribution is -0.734. The Kier molecular flexibility index (Phi) is 4.81. The molecule has 1 N–H and O–H groups in total. The Morgan fingerprint density at radius 1 is 1.42 bits per heavy atom. The summed E-state index contributed by atoms with van der Waals surface area (Å²) in [6, 6.07) is 10.7. The molecule has 4 rings (SSSR count). The van der Waals surface area contributed by atoms with Gasteiger partial charge in [0.15, 0.2) is 7.11 Å². The predicted octanol–water partition coefficient (Wildman–Crippen LogP) is 3.95. The second-order valence-electron chi connectivity index (χ2n) is 6.50. The molecule has 1 saturated heterocycles. The standard InChI is InChI=1S/C19H21N4O2S/c1-25-23(24)19-9-14(13-26-19)11-22-8-6-16(12-22)21-18-4-2-3-15-10-20-7-5-17(15)18/h2-5,7,9-10,13,16,21H,6,8,11-12H2,1H3/q+1. The summed E-state index contributed by atoms with van der Waals surface area (Å²) in [6.07, 6.45) is 4.83. The van der Waals surface area contributed by atoms with Crippen LogP contribution in [0.3, 0.4) is 0 Å². The van der Waals surface area contributed by atoms with E-state index in [0.29, 0.717) is 16.0 Å². The molecule has 6 nitrogen and oxygen atoms in total. The fourth-order valence-corrected chi connectivity index (χ4v) is 4.25. The van der Waals surface area contributed by atoms with Gasteiger partial charge in [-0.2, -0.15) is 0 Å². The number of likely N-dealkylation sites (tertiary alicyclic amines) is 1. The highest BCUT2D eigenvalue weighted by molar-refractivity contribution is 7.13. The number of pyridine rings is 1. The minimum absolute atomic E-state index is 0.418. The third-order valence-electron chi connectivity index (χ3n) is 4.70. The van der Waals surface area contributed by atoms with Crippen molar-refractivity contribution in [1.82, 2.24) is 9.88 Å². The maximum Gasteiger partial charge on any atom is 0.371 e. The third-order valence-corrected chi connectivity index (χ3v) is 5.63. The van der Waals surface area contributed by atoms with Crippen LogP contribution in [0, 0.1) is 4.91 Å². The first-order valence-electron chi connectivity index (χ1n) is 8.63. The van der Waals surface area contributed by atoms with Crippen LogP contribution in [-0.4, -0.2) is 41.0 Å². The molecule has 0 aliphatic carbocycles. The normalized spacial score (nSPS) is 17.5. The van der Waals surface area contributed by atoms with Crippen molar-refractivity contribution in [2.45, 2.75) is 19.0 Å².